The van der Waals surface area contributed by atoms with E-state index in [9.17, 15) is 0 Å². The molecule has 58 heavy (non-hydrogen) atoms. The largest absolute Gasteiger partial charge is 0.295 e. The lowest BCUT2D eigenvalue weighted by Crippen LogP contribution is -2.02. The van der Waals surface area contributed by atoms with Crippen LogP contribution in [0.15, 0.2) is 206 Å². The Kier molecular flexibility index (Phi) is 6.41. The second-order valence-corrected chi connectivity index (χ2v) is 15.4. The number of aromatic nitrogens is 4. The van der Waals surface area contributed by atoms with Crippen LogP contribution in [0, 0.1) is 0 Å². The van der Waals surface area contributed by atoms with E-state index in [1.165, 1.54) is 87.2 Å². The standard InChI is InChI=1S/C54H34N4/c1-3-15-37(16-4-1)55-47-23-11-7-19-43(47)51-45-21-9-13-25-49(45)57(53(51)55)39-29-31-41-35(33-39)27-28-36-34-40(30-32-42(36)41)58-50-26-14-10-22-46(50)52-44-20-8-12-24-48(44)56(54(52)58)38-17-5-2-6-18-38/h1-34H. The lowest BCUT2D eigenvalue weighted by atomic mass is 10.0. The van der Waals surface area contributed by atoms with Crippen molar-refractivity contribution in [3.05, 3.63) is 206 Å². The first-order valence-corrected chi connectivity index (χ1v) is 20.0. The Morgan fingerprint density at radius 2 is 0.534 bits per heavy atom. The second kappa shape index (κ2) is 11.8. The van der Waals surface area contributed by atoms with Crippen LogP contribution in [0.3, 0.4) is 0 Å². The summed E-state index contributed by atoms with van der Waals surface area (Å²) in [5.41, 5.74) is 11.8. The number of para-hydroxylation sites is 6. The van der Waals surface area contributed by atoms with Crippen LogP contribution < -0.4 is 0 Å². The first-order chi connectivity index (χ1) is 28.8. The quantitative estimate of drug-likeness (QED) is 0.160. The lowest BCUT2D eigenvalue weighted by molar-refractivity contribution is 1.07. The first kappa shape index (κ1) is 31.4. The molecular weight excluding hydrogens is 705 g/mol. The van der Waals surface area contributed by atoms with Crippen LogP contribution >= 0.6 is 0 Å². The van der Waals surface area contributed by atoms with Gasteiger partial charge in [0.2, 0.25) is 0 Å². The third-order valence-electron chi connectivity index (χ3n) is 12.3. The molecule has 4 heterocycles. The van der Waals surface area contributed by atoms with E-state index in [2.05, 4.69) is 225 Å². The Hall–Kier alpha value is -7.82. The molecule has 9 aromatic carbocycles. The number of fused-ring (bicyclic) bond motifs is 13. The SMILES string of the molecule is c1ccc(-n2c3ccccc3c3c4ccccc4n(-c4ccc5c(ccc6cc(-n7c8ccccc8c8c9ccccc9n(-c9ccccc9)c87)ccc65)c4)c32)cc1. The average Bonchev–Trinajstić information content (AvgIpc) is 4.01. The molecule has 0 saturated heterocycles. The highest BCUT2D eigenvalue weighted by molar-refractivity contribution is 6.24. The summed E-state index contributed by atoms with van der Waals surface area (Å²) in [6, 6.07) is 75.3. The Balaban J connectivity index is 1.03. The van der Waals surface area contributed by atoms with Crippen molar-refractivity contribution in [2.45, 2.75) is 0 Å². The normalized spacial score (nSPS) is 12.1. The van der Waals surface area contributed by atoms with Gasteiger partial charge < -0.3 is 0 Å². The van der Waals surface area contributed by atoms with Crippen molar-refractivity contribution in [2.75, 3.05) is 0 Å². The van der Waals surface area contributed by atoms with Crippen molar-refractivity contribution in [2.24, 2.45) is 0 Å². The van der Waals surface area contributed by atoms with Crippen molar-refractivity contribution in [1.29, 1.82) is 0 Å². The maximum atomic E-state index is 2.46. The molecule has 0 N–H and O–H groups in total. The second-order valence-electron chi connectivity index (χ2n) is 15.4. The molecule has 0 atom stereocenters. The van der Waals surface area contributed by atoms with Gasteiger partial charge in [0.1, 0.15) is 11.3 Å². The highest BCUT2D eigenvalue weighted by Gasteiger charge is 2.24. The summed E-state index contributed by atoms with van der Waals surface area (Å²) < 4.78 is 9.77. The highest BCUT2D eigenvalue weighted by Crippen LogP contribution is 2.43. The predicted molar refractivity (Wildman–Crippen MR) is 244 cm³/mol. The van der Waals surface area contributed by atoms with Gasteiger partial charge in [-0.1, -0.05) is 133 Å². The molecule has 0 bridgehead atoms. The zero-order valence-corrected chi connectivity index (χ0v) is 31.4. The summed E-state index contributed by atoms with van der Waals surface area (Å²) in [7, 11) is 0. The fourth-order valence-corrected chi connectivity index (χ4v) is 9.92. The minimum absolute atomic E-state index is 1.14. The third kappa shape index (κ3) is 4.23. The molecule has 13 aromatic rings. The van der Waals surface area contributed by atoms with E-state index < -0.39 is 0 Å². The summed E-state index contributed by atoms with van der Waals surface area (Å²) in [6.07, 6.45) is 0. The van der Waals surface area contributed by atoms with E-state index in [0.29, 0.717) is 0 Å². The minimum Gasteiger partial charge on any atom is -0.295 e. The molecule has 4 aromatic heterocycles. The number of hydrogen-bond acceptors (Lipinski definition) is 0. The summed E-state index contributed by atoms with van der Waals surface area (Å²) in [5, 5.41) is 12.5. The van der Waals surface area contributed by atoms with Gasteiger partial charge in [-0.05, 0) is 94.3 Å². The molecule has 0 aliphatic heterocycles. The van der Waals surface area contributed by atoms with Gasteiger partial charge in [-0.2, -0.15) is 0 Å². The summed E-state index contributed by atoms with van der Waals surface area (Å²) in [5.74, 6) is 0. The van der Waals surface area contributed by atoms with E-state index >= 15 is 0 Å². The molecule has 0 unspecified atom stereocenters. The molecule has 0 aliphatic rings. The zero-order valence-electron chi connectivity index (χ0n) is 31.4. The fraction of sp³-hybridized carbons (Fsp3) is 0. The van der Waals surface area contributed by atoms with Gasteiger partial charge >= 0.3 is 0 Å². The average molecular weight is 739 g/mol. The van der Waals surface area contributed by atoms with E-state index in [0.717, 1.165) is 22.7 Å². The number of benzene rings is 9. The molecule has 4 heteroatoms. The Morgan fingerprint density at radius 1 is 0.224 bits per heavy atom. The molecule has 0 amide bonds. The van der Waals surface area contributed by atoms with Crippen LogP contribution in [-0.2, 0) is 0 Å². The van der Waals surface area contributed by atoms with Crippen LogP contribution in [0.25, 0.3) is 110 Å². The Labute approximate surface area is 333 Å². The molecule has 0 spiro atoms. The zero-order chi connectivity index (χ0) is 37.9. The van der Waals surface area contributed by atoms with Crippen molar-refractivity contribution >= 4 is 87.2 Å². The summed E-state index contributed by atoms with van der Waals surface area (Å²) in [6.45, 7) is 0. The van der Waals surface area contributed by atoms with E-state index in [1.54, 1.807) is 0 Å². The molecule has 0 fully saturated rings. The van der Waals surface area contributed by atoms with E-state index in [-0.39, 0.29) is 0 Å². The third-order valence-corrected chi connectivity index (χ3v) is 12.3. The number of rotatable bonds is 4. The van der Waals surface area contributed by atoms with Crippen LogP contribution in [0.5, 0.6) is 0 Å². The Bertz CT molecular complexity index is 3530. The smallest absolute Gasteiger partial charge is 0.131 e. The molecule has 0 saturated carbocycles. The molecule has 270 valence electrons. The lowest BCUT2D eigenvalue weighted by Gasteiger charge is -2.15. The van der Waals surface area contributed by atoms with Crippen molar-refractivity contribution in [1.82, 2.24) is 18.3 Å². The van der Waals surface area contributed by atoms with Gasteiger partial charge in [-0.15, -0.1) is 0 Å². The maximum Gasteiger partial charge on any atom is 0.131 e. The minimum atomic E-state index is 1.14. The highest BCUT2D eigenvalue weighted by atomic mass is 15.1. The molecular formula is C54H34N4. The van der Waals surface area contributed by atoms with Crippen LogP contribution in [-0.4, -0.2) is 18.3 Å². The van der Waals surface area contributed by atoms with Crippen molar-refractivity contribution < 1.29 is 0 Å². The molecule has 0 radical (unpaired) electrons. The van der Waals surface area contributed by atoms with Crippen molar-refractivity contribution in [3.8, 4) is 22.7 Å². The fourth-order valence-electron chi connectivity index (χ4n) is 9.92. The maximum absolute atomic E-state index is 2.46. The van der Waals surface area contributed by atoms with Gasteiger partial charge in [0.15, 0.2) is 0 Å². The van der Waals surface area contributed by atoms with Crippen LogP contribution in [0.4, 0.5) is 0 Å². The molecule has 0 aliphatic carbocycles. The van der Waals surface area contributed by atoms with Crippen LogP contribution in [0.2, 0.25) is 0 Å². The van der Waals surface area contributed by atoms with Gasteiger partial charge in [-0.25, -0.2) is 0 Å². The Morgan fingerprint density at radius 3 is 0.897 bits per heavy atom. The van der Waals surface area contributed by atoms with Gasteiger partial charge in [0.05, 0.1) is 22.1 Å². The number of hydrogen-bond donors (Lipinski definition) is 0. The molecule has 13 rings (SSSR count). The van der Waals surface area contributed by atoms with E-state index in [1.807, 2.05) is 0 Å². The monoisotopic (exact) mass is 738 g/mol. The number of nitrogens with zero attached hydrogens (tertiary/aromatic N) is 4. The summed E-state index contributed by atoms with van der Waals surface area (Å²) in [4.78, 5) is 0. The summed E-state index contributed by atoms with van der Waals surface area (Å²) >= 11 is 0. The van der Waals surface area contributed by atoms with Gasteiger partial charge in [0, 0.05) is 55.1 Å². The first-order valence-electron chi connectivity index (χ1n) is 20.0. The van der Waals surface area contributed by atoms with Gasteiger partial charge in [0.25, 0.3) is 0 Å². The van der Waals surface area contributed by atoms with Gasteiger partial charge in [-0.3, -0.25) is 18.3 Å². The van der Waals surface area contributed by atoms with Crippen LogP contribution in [0.1, 0.15) is 0 Å². The van der Waals surface area contributed by atoms with Crippen molar-refractivity contribution in [3.63, 3.8) is 0 Å². The predicted octanol–water partition coefficient (Wildman–Crippen LogP) is 14.1. The topological polar surface area (TPSA) is 19.7 Å². The van der Waals surface area contributed by atoms with E-state index in [4.69, 9.17) is 0 Å². The molecule has 4 nitrogen and oxygen atoms in total.